The number of carbonyl (C=O) groups is 2. The average Bonchev–Trinajstić information content (AvgIpc) is 2.82. The van der Waals surface area contributed by atoms with Gasteiger partial charge in [-0.1, -0.05) is 47.5 Å². The topological polar surface area (TPSA) is 34.1 Å². The molecule has 19 heavy (non-hydrogen) atoms. The second kappa shape index (κ2) is 3.38. The van der Waals surface area contributed by atoms with Crippen LogP contribution in [0.15, 0.2) is 24.3 Å². The number of benzene rings is 2. The lowest BCUT2D eigenvalue weighted by molar-refractivity contribution is 0.0875. The summed E-state index contributed by atoms with van der Waals surface area (Å²) in [6, 6.07) is 7.36. The van der Waals surface area contributed by atoms with Crippen molar-refractivity contribution in [2.75, 3.05) is 0 Å². The quantitative estimate of drug-likeness (QED) is 0.550. The van der Waals surface area contributed by atoms with Crippen LogP contribution in [0.5, 0.6) is 0 Å². The molecule has 0 N–H and O–H groups in total. The Labute approximate surface area is 119 Å². The van der Waals surface area contributed by atoms with Gasteiger partial charge in [0.05, 0.1) is 0 Å². The first-order valence-electron chi connectivity index (χ1n) is 6.06. The molecule has 0 atom stereocenters. The van der Waals surface area contributed by atoms with E-state index in [0.717, 1.165) is 23.6 Å². The third-order valence-electron chi connectivity index (χ3n) is 4.06. The molecule has 94 valence electrons. The van der Waals surface area contributed by atoms with Crippen molar-refractivity contribution in [1.29, 1.82) is 0 Å². The van der Waals surface area contributed by atoms with Gasteiger partial charge in [0.25, 0.3) is 0 Å². The summed E-state index contributed by atoms with van der Waals surface area (Å²) in [7, 11) is 0. The molecule has 4 rings (SSSR count). The van der Waals surface area contributed by atoms with E-state index in [1.54, 1.807) is 12.1 Å². The zero-order chi connectivity index (χ0) is 13.4. The van der Waals surface area contributed by atoms with Crippen LogP contribution in [0.4, 0.5) is 0 Å². The van der Waals surface area contributed by atoms with Crippen molar-refractivity contribution in [3.8, 4) is 0 Å². The summed E-state index contributed by atoms with van der Waals surface area (Å²) >= 11 is 11.9. The summed E-state index contributed by atoms with van der Waals surface area (Å²) in [5.41, 5.74) is 3.30. The van der Waals surface area contributed by atoms with Gasteiger partial charge in [-0.25, -0.2) is 0 Å². The van der Waals surface area contributed by atoms with Crippen LogP contribution in [0.2, 0.25) is 0 Å². The average molecular weight is 291 g/mol. The van der Waals surface area contributed by atoms with Crippen LogP contribution < -0.4 is 0 Å². The van der Waals surface area contributed by atoms with Gasteiger partial charge >= 0.3 is 0 Å². The third kappa shape index (κ3) is 1.24. The van der Waals surface area contributed by atoms with Crippen LogP contribution >= 0.6 is 23.2 Å². The minimum atomic E-state index is -1.99. The minimum absolute atomic E-state index is 0.460. The first kappa shape index (κ1) is 11.4. The van der Waals surface area contributed by atoms with Crippen molar-refractivity contribution in [1.82, 2.24) is 0 Å². The molecule has 2 aromatic carbocycles. The molecule has 0 aromatic heterocycles. The van der Waals surface area contributed by atoms with Gasteiger partial charge < -0.3 is 0 Å². The normalized spacial score (nSPS) is 19.3. The van der Waals surface area contributed by atoms with Gasteiger partial charge in [0.15, 0.2) is 0 Å². The Morgan fingerprint density at radius 1 is 0.789 bits per heavy atom. The van der Waals surface area contributed by atoms with E-state index in [-0.39, 0.29) is 0 Å². The molecule has 0 bridgehead atoms. The number of Topliss-reactive ketones (excluding diaryl/α,β-unsaturated/α-hetero) is 2. The maximum absolute atomic E-state index is 12.3. The number of hydrogen-bond acceptors (Lipinski definition) is 2. The van der Waals surface area contributed by atoms with E-state index in [1.165, 1.54) is 11.1 Å². The van der Waals surface area contributed by atoms with Gasteiger partial charge in [-0.05, 0) is 29.4 Å². The molecule has 0 spiro atoms. The lowest BCUT2D eigenvalue weighted by Gasteiger charge is -2.25. The highest BCUT2D eigenvalue weighted by atomic mass is 35.5. The van der Waals surface area contributed by atoms with Crippen molar-refractivity contribution in [2.24, 2.45) is 0 Å². The molecule has 2 aliphatic carbocycles. The zero-order valence-corrected chi connectivity index (χ0v) is 11.3. The summed E-state index contributed by atoms with van der Waals surface area (Å²) in [4.78, 5) is 24.6. The first-order valence-corrected chi connectivity index (χ1v) is 6.82. The lowest BCUT2D eigenvalue weighted by atomic mass is 9.84. The fourth-order valence-electron chi connectivity index (χ4n) is 3.15. The monoisotopic (exact) mass is 290 g/mol. The fourth-order valence-corrected chi connectivity index (χ4v) is 3.56. The van der Waals surface area contributed by atoms with E-state index >= 15 is 0 Å². The second-order valence-corrected chi connectivity index (χ2v) is 6.35. The largest absolute Gasteiger partial charge is 0.290 e. The molecule has 0 aliphatic heterocycles. The Bertz CT molecular complexity index is 730. The van der Waals surface area contributed by atoms with Crippen LogP contribution in [0.3, 0.4) is 0 Å². The predicted octanol–water partition coefficient (Wildman–Crippen LogP) is 3.49. The number of aryl methyl sites for hydroxylation is 2. The van der Waals surface area contributed by atoms with Crippen LogP contribution in [0.1, 0.15) is 31.8 Å². The summed E-state index contributed by atoms with van der Waals surface area (Å²) in [6.45, 7) is 0. The first-order chi connectivity index (χ1) is 9.01. The lowest BCUT2D eigenvalue weighted by Crippen LogP contribution is -2.39. The molecule has 2 aliphatic rings. The van der Waals surface area contributed by atoms with Gasteiger partial charge in [-0.15, -0.1) is 0 Å². The van der Waals surface area contributed by atoms with Crippen LogP contribution in [0, 0.1) is 0 Å². The number of ketones is 2. The maximum Gasteiger partial charge on any atom is 0.242 e. The number of alkyl halides is 2. The standard InChI is InChI=1S/C15H8Cl2O2/c16-15(17)13(18)9-5-3-7-1-2-8-4-6-10(14(15)19)12(9)11(7)8/h3-6H,1-2H2. The molecular formula is C15H8Cl2O2. The summed E-state index contributed by atoms with van der Waals surface area (Å²) in [5, 5.41) is 1.78. The highest BCUT2D eigenvalue weighted by molar-refractivity contribution is 6.72. The van der Waals surface area contributed by atoms with E-state index in [1.807, 2.05) is 12.1 Å². The van der Waals surface area contributed by atoms with Crippen LogP contribution in [-0.2, 0) is 12.8 Å². The highest BCUT2D eigenvalue weighted by Crippen LogP contribution is 2.43. The van der Waals surface area contributed by atoms with E-state index in [4.69, 9.17) is 23.2 Å². The Morgan fingerprint density at radius 3 is 1.74 bits per heavy atom. The molecule has 2 nitrogen and oxygen atoms in total. The smallest absolute Gasteiger partial charge is 0.242 e. The number of hydrogen-bond donors (Lipinski definition) is 0. The van der Waals surface area contributed by atoms with Crippen molar-refractivity contribution in [3.05, 3.63) is 46.5 Å². The summed E-state index contributed by atoms with van der Waals surface area (Å²) < 4.78 is -1.99. The maximum atomic E-state index is 12.3. The van der Waals surface area contributed by atoms with Crippen molar-refractivity contribution in [2.45, 2.75) is 17.2 Å². The van der Waals surface area contributed by atoms with E-state index in [0.29, 0.717) is 11.1 Å². The van der Waals surface area contributed by atoms with Crippen molar-refractivity contribution >= 4 is 45.5 Å². The Morgan fingerprint density at radius 2 is 1.26 bits per heavy atom. The Kier molecular flexibility index (Phi) is 2.04. The number of halogens is 2. The predicted molar refractivity (Wildman–Crippen MR) is 74.5 cm³/mol. The van der Waals surface area contributed by atoms with Gasteiger partial charge in [0.1, 0.15) is 0 Å². The zero-order valence-electron chi connectivity index (χ0n) is 9.80. The Balaban J connectivity index is 2.24. The summed E-state index contributed by atoms with van der Waals surface area (Å²) in [6.07, 6.45) is 1.90. The van der Waals surface area contributed by atoms with Crippen molar-refractivity contribution < 1.29 is 9.59 Å². The molecule has 2 aromatic rings. The molecule has 0 unspecified atom stereocenters. The molecule has 0 saturated carbocycles. The second-order valence-electron chi connectivity index (χ2n) is 5.03. The highest BCUT2D eigenvalue weighted by Gasteiger charge is 2.48. The molecule has 0 saturated heterocycles. The van der Waals surface area contributed by atoms with Gasteiger partial charge in [-0.2, -0.15) is 0 Å². The van der Waals surface area contributed by atoms with Gasteiger partial charge in [0, 0.05) is 16.5 Å². The number of carbonyl (C=O) groups excluding carboxylic acids is 2. The van der Waals surface area contributed by atoms with E-state index in [2.05, 4.69) is 0 Å². The van der Waals surface area contributed by atoms with Crippen LogP contribution in [0.25, 0.3) is 10.8 Å². The molecular weight excluding hydrogens is 283 g/mol. The molecule has 0 heterocycles. The summed E-state index contributed by atoms with van der Waals surface area (Å²) in [5.74, 6) is -1.02. The Hall–Kier alpha value is -1.38. The van der Waals surface area contributed by atoms with E-state index in [9.17, 15) is 9.59 Å². The molecule has 0 radical (unpaired) electrons. The van der Waals surface area contributed by atoms with Gasteiger partial charge in [0.2, 0.25) is 15.9 Å². The third-order valence-corrected chi connectivity index (χ3v) is 4.74. The van der Waals surface area contributed by atoms with Crippen LogP contribution in [-0.4, -0.2) is 15.9 Å². The van der Waals surface area contributed by atoms with Crippen molar-refractivity contribution in [3.63, 3.8) is 0 Å². The number of rotatable bonds is 0. The fraction of sp³-hybridized carbons (Fsp3) is 0.200. The minimum Gasteiger partial charge on any atom is -0.290 e. The molecule has 0 fully saturated rings. The van der Waals surface area contributed by atoms with Gasteiger partial charge in [-0.3, -0.25) is 9.59 Å². The molecule has 4 heteroatoms. The SMILES string of the molecule is O=C1c2ccc3c4c(ccc(c24)C(=O)C1(Cl)Cl)CC3. The molecule has 0 amide bonds. The van der Waals surface area contributed by atoms with E-state index < -0.39 is 15.9 Å².